The lowest BCUT2D eigenvalue weighted by Crippen LogP contribution is -2.53. The number of nitrogens with zero attached hydrogens (tertiary/aromatic N) is 2. The molecule has 1 saturated heterocycles. The van der Waals surface area contributed by atoms with E-state index in [9.17, 15) is 9.59 Å². The smallest absolute Gasteiger partial charge is 0.305 e. The van der Waals surface area contributed by atoms with Gasteiger partial charge in [0.05, 0.1) is 12.5 Å². The Kier molecular flexibility index (Phi) is 4.80. The maximum Gasteiger partial charge on any atom is 0.305 e. The van der Waals surface area contributed by atoms with Crippen molar-refractivity contribution in [3.8, 4) is 0 Å². The molecular formula is C15H21N3O3. The van der Waals surface area contributed by atoms with Gasteiger partial charge in [0.1, 0.15) is 0 Å². The number of para-hydroxylation sites is 1. The molecule has 1 aromatic carbocycles. The summed E-state index contributed by atoms with van der Waals surface area (Å²) in [5.41, 5.74) is 8.02. The number of rotatable bonds is 4. The van der Waals surface area contributed by atoms with Gasteiger partial charge in [0.25, 0.3) is 0 Å². The number of nitrogens with two attached hydrogens (primary N) is 1. The summed E-state index contributed by atoms with van der Waals surface area (Å²) in [4.78, 5) is 26.6. The third-order valence-electron chi connectivity index (χ3n) is 3.76. The first kappa shape index (κ1) is 15.3. The van der Waals surface area contributed by atoms with Gasteiger partial charge in [-0.3, -0.25) is 9.59 Å². The van der Waals surface area contributed by atoms with E-state index in [1.54, 1.807) is 4.90 Å². The Morgan fingerprint density at radius 1 is 1.24 bits per heavy atom. The molecule has 1 aromatic rings. The third-order valence-corrected chi connectivity index (χ3v) is 3.76. The molecule has 1 unspecified atom stereocenters. The van der Waals surface area contributed by atoms with Gasteiger partial charge in [-0.2, -0.15) is 0 Å². The maximum absolute atomic E-state index is 12.1. The van der Waals surface area contributed by atoms with Crippen molar-refractivity contribution in [3.05, 3.63) is 29.8 Å². The molecule has 0 radical (unpaired) electrons. The summed E-state index contributed by atoms with van der Waals surface area (Å²) >= 11 is 0. The highest BCUT2D eigenvalue weighted by Gasteiger charge is 2.26. The molecule has 1 atom stereocenters. The summed E-state index contributed by atoms with van der Waals surface area (Å²) < 4.78 is 0. The van der Waals surface area contributed by atoms with E-state index in [1.807, 2.05) is 12.1 Å². The van der Waals surface area contributed by atoms with E-state index in [-0.39, 0.29) is 12.3 Å². The van der Waals surface area contributed by atoms with Crippen molar-refractivity contribution in [2.75, 3.05) is 31.1 Å². The van der Waals surface area contributed by atoms with E-state index in [0.29, 0.717) is 13.1 Å². The van der Waals surface area contributed by atoms with Crippen LogP contribution in [0, 0.1) is 6.92 Å². The molecule has 0 aromatic heterocycles. The number of anilines is 1. The van der Waals surface area contributed by atoms with Crippen molar-refractivity contribution in [2.45, 2.75) is 19.4 Å². The number of carboxylic acid groups (broad SMARTS) is 1. The molecule has 1 heterocycles. The predicted octanol–water partition coefficient (Wildman–Crippen LogP) is 0.446. The number of carbonyl (C=O) groups excluding carboxylic acids is 1. The molecule has 2 rings (SSSR count). The quantitative estimate of drug-likeness (QED) is 0.841. The van der Waals surface area contributed by atoms with Crippen LogP contribution >= 0.6 is 0 Å². The van der Waals surface area contributed by atoms with Gasteiger partial charge in [0.2, 0.25) is 5.91 Å². The lowest BCUT2D eigenvalue weighted by molar-refractivity contribution is -0.142. The average molecular weight is 291 g/mol. The Bertz CT molecular complexity index is 525. The normalized spacial score (nSPS) is 16.7. The summed E-state index contributed by atoms with van der Waals surface area (Å²) in [6, 6.07) is 7.19. The van der Waals surface area contributed by atoms with E-state index in [0.717, 1.165) is 13.1 Å². The molecular weight excluding hydrogens is 270 g/mol. The van der Waals surface area contributed by atoms with E-state index in [4.69, 9.17) is 10.8 Å². The molecule has 0 saturated carbocycles. The number of aliphatic carboxylic acids is 1. The Labute approximate surface area is 124 Å². The lowest BCUT2D eigenvalue weighted by Gasteiger charge is -2.37. The number of hydrogen-bond acceptors (Lipinski definition) is 4. The number of aryl methyl sites for hydroxylation is 1. The van der Waals surface area contributed by atoms with Crippen LogP contribution in [0.15, 0.2) is 24.3 Å². The Morgan fingerprint density at radius 3 is 2.43 bits per heavy atom. The molecule has 1 aliphatic heterocycles. The number of amides is 1. The summed E-state index contributed by atoms with van der Waals surface area (Å²) in [6.07, 6.45) is -0.323. The van der Waals surface area contributed by atoms with Crippen LogP contribution in [-0.2, 0) is 9.59 Å². The first-order valence-electron chi connectivity index (χ1n) is 7.06. The fourth-order valence-electron chi connectivity index (χ4n) is 2.60. The van der Waals surface area contributed by atoms with Gasteiger partial charge in [0.15, 0.2) is 0 Å². The second-order valence-electron chi connectivity index (χ2n) is 5.30. The van der Waals surface area contributed by atoms with Crippen molar-refractivity contribution >= 4 is 17.6 Å². The van der Waals surface area contributed by atoms with Gasteiger partial charge < -0.3 is 20.6 Å². The van der Waals surface area contributed by atoms with Gasteiger partial charge in [-0.05, 0) is 18.6 Å². The highest BCUT2D eigenvalue weighted by molar-refractivity contribution is 5.86. The van der Waals surface area contributed by atoms with E-state index in [1.165, 1.54) is 11.3 Å². The second kappa shape index (κ2) is 6.58. The van der Waals surface area contributed by atoms with Crippen LogP contribution in [0.4, 0.5) is 5.69 Å². The van der Waals surface area contributed by atoms with Gasteiger partial charge >= 0.3 is 5.97 Å². The number of carbonyl (C=O) groups is 2. The van der Waals surface area contributed by atoms with Crippen molar-refractivity contribution < 1.29 is 14.7 Å². The van der Waals surface area contributed by atoms with Gasteiger partial charge in [-0.15, -0.1) is 0 Å². The maximum atomic E-state index is 12.1. The van der Waals surface area contributed by atoms with Gasteiger partial charge in [-0.25, -0.2) is 0 Å². The van der Waals surface area contributed by atoms with Crippen LogP contribution in [-0.4, -0.2) is 54.1 Å². The van der Waals surface area contributed by atoms with Crippen LogP contribution in [0.1, 0.15) is 12.0 Å². The van der Waals surface area contributed by atoms with Gasteiger partial charge in [-0.1, -0.05) is 18.2 Å². The minimum atomic E-state index is -1.05. The lowest BCUT2D eigenvalue weighted by atomic mass is 10.1. The van der Waals surface area contributed by atoms with Crippen LogP contribution in [0.3, 0.4) is 0 Å². The second-order valence-corrected chi connectivity index (χ2v) is 5.30. The molecule has 1 aliphatic rings. The summed E-state index contributed by atoms with van der Waals surface area (Å²) in [7, 11) is 0. The topological polar surface area (TPSA) is 86.9 Å². The first-order valence-corrected chi connectivity index (χ1v) is 7.06. The van der Waals surface area contributed by atoms with Crippen molar-refractivity contribution in [2.24, 2.45) is 5.73 Å². The van der Waals surface area contributed by atoms with E-state index in [2.05, 4.69) is 24.0 Å². The standard InChI is InChI=1S/C15H21N3O3/c1-11-4-2-3-5-13(11)17-6-8-18(9-7-17)15(21)12(16)10-14(19)20/h2-5,12H,6-10,16H2,1H3,(H,19,20). The fourth-order valence-corrected chi connectivity index (χ4v) is 2.60. The van der Waals surface area contributed by atoms with Crippen LogP contribution in [0.25, 0.3) is 0 Å². The zero-order valence-corrected chi connectivity index (χ0v) is 12.2. The predicted molar refractivity (Wildman–Crippen MR) is 80.2 cm³/mol. The molecule has 6 heteroatoms. The first-order chi connectivity index (χ1) is 9.99. The van der Waals surface area contributed by atoms with Crippen LogP contribution in [0.2, 0.25) is 0 Å². The fraction of sp³-hybridized carbons (Fsp3) is 0.467. The zero-order chi connectivity index (χ0) is 15.4. The number of benzene rings is 1. The summed E-state index contributed by atoms with van der Waals surface area (Å²) in [5.74, 6) is -1.32. The molecule has 114 valence electrons. The number of carboxylic acids is 1. The Hall–Kier alpha value is -2.08. The van der Waals surface area contributed by atoms with Crippen molar-refractivity contribution in [1.82, 2.24) is 4.90 Å². The highest BCUT2D eigenvalue weighted by atomic mass is 16.4. The van der Waals surface area contributed by atoms with Crippen LogP contribution in [0.5, 0.6) is 0 Å². The number of piperazine rings is 1. The van der Waals surface area contributed by atoms with Crippen LogP contribution < -0.4 is 10.6 Å². The molecule has 1 amide bonds. The van der Waals surface area contributed by atoms with E-state index < -0.39 is 12.0 Å². The molecule has 0 spiro atoms. The van der Waals surface area contributed by atoms with E-state index >= 15 is 0 Å². The Balaban J connectivity index is 1.93. The molecule has 21 heavy (non-hydrogen) atoms. The van der Waals surface area contributed by atoms with Gasteiger partial charge in [0, 0.05) is 31.9 Å². The molecule has 3 N–H and O–H groups in total. The molecule has 1 fully saturated rings. The molecule has 0 aliphatic carbocycles. The third kappa shape index (κ3) is 3.72. The van der Waals surface area contributed by atoms with Crippen molar-refractivity contribution in [1.29, 1.82) is 0 Å². The zero-order valence-electron chi connectivity index (χ0n) is 12.2. The summed E-state index contributed by atoms with van der Waals surface area (Å²) in [5, 5.41) is 8.69. The minimum Gasteiger partial charge on any atom is -0.481 e. The highest BCUT2D eigenvalue weighted by Crippen LogP contribution is 2.20. The average Bonchev–Trinajstić information content (AvgIpc) is 2.46. The molecule has 6 nitrogen and oxygen atoms in total. The molecule has 0 bridgehead atoms. The monoisotopic (exact) mass is 291 g/mol. The summed E-state index contributed by atoms with van der Waals surface area (Å²) in [6.45, 7) is 4.67. The van der Waals surface area contributed by atoms with Crippen molar-refractivity contribution in [3.63, 3.8) is 0 Å². The number of hydrogen-bond donors (Lipinski definition) is 2. The SMILES string of the molecule is Cc1ccccc1N1CCN(C(=O)C(N)CC(=O)O)CC1. The Morgan fingerprint density at radius 2 is 1.86 bits per heavy atom. The minimum absolute atomic E-state index is 0.276. The largest absolute Gasteiger partial charge is 0.481 e.